The lowest BCUT2D eigenvalue weighted by atomic mass is 10.1. The molecule has 3 rings (SSSR count). The van der Waals surface area contributed by atoms with E-state index >= 15 is 0 Å². The number of hydrogen-bond donors (Lipinski definition) is 0. The first-order chi connectivity index (χ1) is 13.8. The van der Waals surface area contributed by atoms with Crippen LogP contribution >= 0.6 is 0 Å². The number of amides is 1. The smallest absolute Gasteiger partial charge is 0.348 e. The minimum absolute atomic E-state index is 0.00832. The van der Waals surface area contributed by atoms with Gasteiger partial charge in [0.1, 0.15) is 5.75 Å². The zero-order valence-electron chi connectivity index (χ0n) is 16.4. The Morgan fingerprint density at radius 1 is 1.17 bits per heavy atom. The van der Waals surface area contributed by atoms with E-state index in [-0.39, 0.29) is 18.2 Å². The van der Waals surface area contributed by atoms with Gasteiger partial charge in [-0.3, -0.25) is 9.10 Å². The fraction of sp³-hybridized carbons (Fsp3) is 0.300. The first-order valence-electron chi connectivity index (χ1n) is 9.00. The monoisotopic (exact) mass is 418 g/mol. The number of benzene rings is 2. The summed E-state index contributed by atoms with van der Waals surface area (Å²) in [7, 11) is -0.666. The normalized spacial score (nSPS) is 15.8. The quantitative estimate of drug-likeness (QED) is 0.690. The summed E-state index contributed by atoms with van der Waals surface area (Å²) in [6.07, 6.45) is -0.932. The molecule has 9 heteroatoms. The van der Waals surface area contributed by atoms with Gasteiger partial charge in [-0.05, 0) is 43.3 Å². The molecule has 0 aromatic heterocycles. The van der Waals surface area contributed by atoms with Gasteiger partial charge in [0.25, 0.3) is 5.91 Å². The summed E-state index contributed by atoms with van der Waals surface area (Å²) < 4.78 is 35.6. The van der Waals surface area contributed by atoms with Crippen molar-refractivity contribution in [3.05, 3.63) is 54.1 Å². The first kappa shape index (κ1) is 20.7. The molecule has 0 bridgehead atoms. The summed E-state index contributed by atoms with van der Waals surface area (Å²) >= 11 is 0. The summed E-state index contributed by atoms with van der Waals surface area (Å²) in [5.41, 5.74) is 1.36. The van der Waals surface area contributed by atoms with Crippen molar-refractivity contribution in [1.82, 2.24) is 0 Å². The van der Waals surface area contributed by atoms with E-state index in [1.54, 1.807) is 55.5 Å². The molecule has 1 aliphatic rings. The molecule has 2 aromatic carbocycles. The molecule has 0 aliphatic carbocycles. The Morgan fingerprint density at radius 2 is 1.83 bits per heavy atom. The maximum atomic E-state index is 13.1. The largest absolute Gasteiger partial charge is 0.475 e. The molecule has 1 heterocycles. The van der Waals surface area contributed by atoms with Gasteiger partial charge in [0.15, 0.2) is 0 Å². The van der Waals surface area contributed by atoms with Crippen molar-refractivity contribution in [3.8, 4) is 5.75 Å². The van der Waals surface area contributed by atoms with Crippen LogP contribution in [0.3, 0.4) is 0 Å². The topological polar surface area (TPSA) is 93.2 Å². The van der Waals surface area contributed by atoms with E-state index in [0.29, 0.717) is 22.7 Å². The van der Waals surface area contributed by atoms with Gasteiger partial charge in [-0.25, -0.2) is 13.2 Å². The molecular formula is C20H22N2O6S. The molecule has 0 saturated heterocycles. The van der Waals surface area contributed by atoms with Crippen molar-refractivity contribution < 1.29 is 27.5 Å². The molecule has 1 atom stereocenters. The highest BCUT2D eigenvalue weighted by Crippen LogP contribution is 2.34. The highest BCUT2D eigenvalue weighted by Gasteiger charge is 2.34. The number of nitrogens with zero attached hydrogens (tertiary/aromatic N) is 2. The minimum atomic E-state index is -3.39. The maximum Gasteiger partial charge on any atom is 0.348 e. The second-order valence-electron chi connectivity index (χ2n) is 6.43. The van der Waals surface area contributed by atoms with Gasteiger partial charge >= 0.3 is 5.97 Å². The number of carbonyl (C=O) groups is 2. The lowest BCUT2D eigenvalue weighted by molar-refractivity contribution is -0.148. The average Bonchev–Trinajstić information content (AvgIpc) is 2.76. The van der Waals surface area contributed by atoms with E-state index in [1.165, 1.54) is 23.4 Å². The fourth-order valence-corrected chi connectivity index (χ4v) is 3.84. The molecule has 154 valence electrons. The number of sulfonamides is 1. The van der Waals surface area contributed by atoms with Gasteiger partial charge in [0.2, 0.25) is 16.1 Å². The Morgan fingerprint density at radius 3 is 2.45 bits per heavy atom. The third kappa shape index (κ3) is 4.04. The van der Waals surface area contributed by atoms with Gasteiger partial charge in [-0.1, -0.05) is 12.1 Å². The van der Waals surface area contributed by atoms with Crippen LogP contribution in [0.15, 0.2) is 48.5 Å². The Kier molecular flexibility index (Phi) is 5.78. The van der Waals surface area contributed by atoms with E-state index in [1.807, 2.05) is 0 Å². The number of anilines is 2. The third-order valence-corrected chi connectivity index (χ3v) is 6.52. The fourth-order valence-electron chi connectivity index (χ4n) is 3.00. The number of para-hydroxylation sites is 2. The van der Waals surface area contributed by atoms with Crippen molar-refractivity contribution in [2.24, 2.45) is 0 Å². The number of esters is 1. The van der Waals surface area contributed by atoms with E-state index in [4.69, 9.17) is 9.47 Å². The van der Waals surface area contributed by atoms with Gasteiger partial charge in [-0.15, -0.1) is 0 Å². The molecule has 8 nitrogen and oxygen atoms in total. The Labute approximate surface area is 169 Å². The summed E-state index contributed by atoms with van der Waals surface area (Å²) in [5.74, 6) is -0.516. The number of ether oxygens (including phenoxy) is 2. The van der Waals surface area contributed by atoms with Crippen molar-refractivity contribution in [3.63, 3.8) is 0 Å². The van der Waals surface area contributed by atoms with Crippen LogP contribution in [-0.4, -0.2) is 52.9 Å². The maximum absolute atomic E-state index is 13.1. The van der Waals surface area contributed by atoms with Crippen LogP contribution in [0.1, 0.15) is 17.3 Å². The molecule has 0 spiro atoms. The van der Waals surface area contributed by atoms with E-state index in [0.717, 1.165) is 0 Å². The van der Waals surface area contributed by atoms with Crippen LogP contribution in [-0.2, 0) is 19.6 Å². The predicted molar refractivity (Wildman–Crippen MR) is 109 cm³/mol. The van der Waals surface area contributed by atoms with Crippen LogP contribution in [0.4, 0.5) is 11.4 Å². The van der Waals surface area contributed by atoms with Crippen molar-refractivity contribution in [2.75, 3.05) is 35.7 Å². The zero-order chi connectivity index (χ0) is 21.2. The van der Waals surface area contributed by atoms with Crippen molar-refractivity contribution in [1.29, 1.82) is 0 Å². The first-order valence-corrected chi connectivity index (χ1v) is 10.6. The lowest BCUT2D eigenvalue weighted by Crippen LogP contribution is -2.47. The molecule has 1 unspecified atom stereocenters. The van der Waals surface area contributed by atoms with Gasteiger partial charge in [0.05, 0.1) is 30.8 Å². The molecule has 1 aliphatic heterocycles. The lowest BCUT2D eigenvalue weighted by Gasteiger charge is -2.33. The second kappa shape index (κ2) is 8.12. The van der Waals surface area contributed by atoms with Gasteiger partial charge in [-0.2, -0.15) is 0 Å². The third-order valence-electron chi connectivity index (χ3n) is 4.74. The number of hydrogen-bond acceptors (Lipinski definition) is 6. The van der Waals surface area contributed by atoms with E-state index in [9.17, 15) is 18.0 Å². The zero-order valence-corrected chi connectivity index (χ0v) is 17.2. The highest BCUT2D eigenvalue weighted by molar-refractivity contribution is 7.92. The number of fused-ring (bicyclic) bond motifs is 1. The van der Waals surface area contributed by atoms with E-state index in [2.05, 4.69) is 0 Å². The van der Waals surface area contributed by atoms with Crippen LogP contribution in [0, 0.1) is 0 Å². The predicted octanol–water partition coefficient (Wildman–Crippen LogP) is 2.05. The molecule has 2 aromatic rings. The van der Waals surface area contributed by atoms with Crippen LogP contribution in [0.25, 0.3) is 0 Å². The number of methoxy groups -OCH3 is 1. The summed E-state index contributed by atoms with van der Waals surface area (Å²) in [4.78, 5) is 26.6. The summed E-state index contributed by atoms with van der Waals surface area (Å²) in [6, 6.07) is 13.2. The SMILES string of the molecule is CCS(=O)(=O)N(C)c1ccc(C(=O)N2CC(C(=O)OC)Oc3ccccc32)cc1. The molecule has 0 radical (unpaired) electrons. The summed E-state index contributed by atoms with van der Waals surface area (Å²) in [5, 5.41) is 0. The van der Waals surface area contributed by atoms with Crippen LogP contribution < -0.4 is 13.9 Å². The molecule has 1 amide bonds. The van der Waals surface area contributed by atoms with E-state index < -0.39 is 22.1 Å². The summed E-state index contributed by atoms with van der Waals surface area (Å²) in [6.45, 7) is 1.58. The number of rotatable bonds is 5. The Balaban J connectivity index is 1.90. The Bertz CT molecular complexity index is 1020. The van der Waals surface area contributed by atoms with Gasteiger partial charge < -0.3 is 14.4 Å². The molecule has 0 saturated carbocycles. The average molecular weight is 418 g/mol. The number of carbonyl (C=O) groups excluding carboxylic acids is 2. The molecular weight excluding hydrogens is 396 g/mol. The van der Waals surface area contributed by atoms with Crippen LogP contribution in [0.5, 0.6) is 5.75 Å². The van der Waals surface area contributed by atoms with Crippen molar-refractivity contribution in [2.45, 2.75) is 13.0 Å². The van der Waals surface area contributed by atoms with Crippen molar-refractivity contribution >= 4 is 33.3 Å². The van der Waals surface area contributed by atoms with Gasteiger partial charge in [0, 0.05) is 12.6 Å². The second-order valence-corrected chi connectivity index (χ2v) is 8.72. The Hall–Kier alpha value is -3.07. The molecule has 0 fully saturated rings. The minimum Gasteiger partial charge on any atom is -0.475 e. The standard InChI is InChI=1S/C20H22N2O6S/c1-4-29(25,26)21(2)15-11-9-14(10-12-15)19(23)22-13-18(20(24)27-3)28-17-8-6-5-7-16(17)22/h5-12,18H,4,13H2,1-3H3. The molecule has 0 N–H and O–H groups in total. The van der Waals surface area contributed by atoms with Crippen LogP contribution in [0.2, 0.25) is 0 Å². The molecule has 29 heavy (non-hydrogen) atoms. The highest BCUT2D eigenvalue weighted by atomic mass is 32.2.